The van der Waals surface area contributed by atoms with Gasteiger partial charge in [-0.25, -0.2) is 8.42 Å². The molecule has 0 spiro atoms. The monoisotopic (exact) mass is 320 g/mol. The summed E-state index contributed by atoms with van der Waals surface area (Å²) in [5.41, 5.74) is 1.89. The highest BCUT2D eigenvalue weighted by Crippen LogP contribution is 2.27. The summed E-state index contributed by atoms with van der Waals surface area (Å²) in [5, 5.41) is 10.00. The van der Waals surface area contributed by atoms with Gasteiger partial charge >= 0.3 is 0 Å². The molecule has 0 aromatic heterocycles. The van der Waals surface area contributed by atoms with Crippen LogP contribution >= 0.6 is 15.9 Å². The van der Waals surface area contributed by atoms with Crippen molar-refractivity contribution >= 4 is 25.8 Å². The van der Waals surface area contributed by atoms with Gasteiger partial charge in [0.25, 0.3) is 0 Å². The predicted octanol–water partition coefficient (Wildman–Crippen LogP) is 2.62. The Labute approximate surface area is 111 Å². The molecule has 1 N–H and O–H groups in total. The standard InChI is InChI=1S/C12H17BrO3S/c1-9-5-6-11(13)10(8-9)12(14)4-3-7-17(2,15)16/h5-6,8,12,14H,3-4,7H2,1-2H3. The highest BCUT2D eigenvalue weighted by molar-refractivity contribution is 9.10. The highest BCUT2D eigenvalue weighted by Gasteiger charge is 2.12. The molecule has 1 atom stereocenters. The van der Waals surface area contributed by atoms with Crippen molar-refractivity contribution in [2.45, 2.75) is 25.9 Å². The second-order valence-corrected chi connectivity index (χ2v) is 7.43. The summed E-state index contributed by atoms with van der Waals surface area (Å²) in [7, 11) is -2.94. The van der Waals surface area contributed by atoms with Gasteiger partial charge in [0.05, 0.1) is 6.10 Å². The van der Waals surface area contributed by atoms with Crippen molar-refractivity contribution in [3.8, 4) is 0 Å². The molecule has 0 aliphatic heterocycles. The fraction of sp³-hybridized carbons (Fsp3) is 0.500. The van der Waals surface area contributed by atoms with Crippen molar-refractivity contribution in [3.05, 3.63) is 33.8 Å². The minimum Gasteiger partial charge on any atom is -0.388 e. The van der Waals surface area contributed by atoms with Gasteiger partial charge in [0.15, 0.2) is 0 Å². The molecule has 0 saturated carbocycles. The average molecular weight is 321 g/mol. The van der Waals surface area contributed by atoms with E-state index in [2.05, 4.69) is 15.9 Å². The SMILES string of the molecule is Cc1ccc(Br)c(C(O)CCCS(C)(=O)=O)c1. The molecule has 3 nitrogen and oxygen atoms in total. The third-order valence-corrected chi connectivity index (χ3v) is 4.26. The van der Waals surface area contributed by atoms with Crippen LogP contribution in [-0.2, 0) is 9.84 Å². The lowest BCUT2D eigenvalue weighted by Gasteiger charge is -2.13. The van der Waals surface area contributed by atoms with Crippen LogP contribution in [0.2, 0.25) is 0 Å². The molecule has 1 aromatic carbocycles. The van der Waals surface area contributed by atoms with Crippen LogP contribution in [0.25, 0.3) is 0 Å². The zero-order valence-corrected chi connectivity index (χ0v) is 12.4. The van der Waals surface area contributed by atoms with Crippen LogP contribution in [0.3, 0.4) is 0 Å². The van der Waals surface area contributed by atoms with Crippen LogP contribution in [0.5, 0.6) is 0 Å². The third kappa shape index (κ3) is 5.19. The van der Waals surface area contributed by atoms with Gasteiger partial charge < -0.3 is 5.11 Å². The minimum atomic E-state index is -2.94. The smallest absolute Gasteiger partial charge is 0.147 e. The Balaban J connectivity index is 2.64. The molecule has 1 aromatic rings. The van der Waals surface area contributed by atoms with Gasteiger partial charge in [0.2, 0.25) is 0 Å². The van der Waals surface area contributed by atoms with E-state index < -0.39 is 15.9 Å². The minimum absolute atomic E-state index is 0.119. The maximum atomic E-state index is 11.0. The molecule has 0 aliphatic carbocycles. The topological polar surface area (TPSA) is 54.4 Å². The van der Waals surface area contributed by atoms with E-state index >= 15 is 0 Å². The molecule has 0 aliphatic rings. The van der Waals surface area contributed by atoms with Gasteiger partial charge in [-0.15, -0.1) is 0 Å². The first-order chi connectivity index (χ1) is 7.79. The van der Waals surface area contributed by atoms with Crippen molar-refractivity contribution in [1.82, 2.24) is 0 Å². The molecule has 0 saturated heterocycles. The molecule has 0 fully saturated rings. The van der Waals surface area contributed by atoms with E-state index in [0.29, 0.717) is 12.8 Å². The first-order valence-electron chi connectivity index (χ1n) is 5.41. The van der Waals surface area contributed by atoms with E-state index in [1.807, 2.05) is 25.1 Å². The molecule has 17 heavy (non-hydrogen) atoms. The lowest BCUT2D eigenvalue weighted by molar-refractivity contribution is 0.166. The lowest BCUT2D eigenvalue weighted by Crippen LogP contribution is -2.06. The number of aliphatic hydroxyl groups is 1. The molecule has 96 valence electrons. The fourth-order valence-electron chi connectivity index (χ4n) is 1.61. The quantitative estimate of drug-likeness (QED) is 0.907. The second kappa shape index (κ2) is 5.98. The number of rotatable bonds is 5. The Kier molecular flexibility index (Phi) is 5.16. The summed E-state index contributed by atoms with van der Waals surface area (Å²) >= 11 is 3.38. The van der Waals surface area contributed by atoms with Crippen molar-refractivity contribution in [2.24, 2.45) is 0 Å². The highest BCUT2D eigenvalue weighted by atomic mass is 79.9. The average Bonchev–Trinajstić information content (AvgIpc) is 2.19. The molecule has 0 radical (unpaired) electrons. The number of halogens is 1. The van der Waals surface area contributed by atoms with E-state index in [0.717, 1.165) is 15.6 Å². The van der Waals surface area contributed by atoms with E-state index in [-0.39, 0.29) is 5.75 Å². The number of hydrogen-bond donors (Lipinski definition) is 1. The summed E-state index contributed by atoms with van der Waals surface area (Å²) in [5.74, 6) is 0.119. The van der Waals surface area contributed by atoms with Crippen LogP contribution in [0.15, 0.2) is 22.7 Å². The number of benzene rings is 1. The van der Waals surface area contributed by atoms with Crippen molar-refractivity contribution in [3.63, 3.8) is 0 Å². The molecule has 1 unspecified atom stereocenters. The largest absolute Gasteiger partial charge is 0.388 e. The number of hydrogen-bond acceptors (Lipinski definition) is 3. The van der Waals surface area contributed by atoms with Crippen LogP contribution in [0.1, 0.15) is 30.1 Å². The Morgan fingerprint density at radius 3 is 2.65 bits per heavy atom. The van der Waals surface area contributed by atoms with Crippen molar-refractivity contribution in [2.75, 3.05) is 12.0 Å². The second-order valence-electron chi connectivity index (χ2n) is 4.31. The first-order valence-corrected chi connectivity index (χ1v) is 8.27. The van der Waals surface area contributed by atoms with Gasteiger partial charge in [-0.2, -0.15) is 0 Å². The van der Waals surface area contributed by atoms with Gasteiger partial charge in [-0.3, -0.25) is 0 Å². The summed E-state index contributed by atoms with van der Waals surface area (Å²) in [6.07, 6.45) is 1.52. The Hall–Kier alpha value is -0.390. The first kappa shape index (κ1) is 14.7. The Morgan fingerprint density at radius 2 is 2.06 bits per heavy atom. The summed E-state index contributed by atoms with van der Waals surface area (Å²) in [6, 6.07) is 5.76. The Bertz CT molecular complexity index is 483. The third-order valence-electron chi connectivity index (χ3n) is 2.50. The van der Waals surface area contributed by atoms with E-state index in [4.69, 9.17) is 0 Å². The van der Waals surface area contributed by atoms with Gasteiger partial charge in [-0.05, 0) is 31.4 Å². The molecular formula is C12H17BrO3S. The van der Waals surface area contributed by atoms with E-state index in [1.165, 1.54) is 6.26 Å². The fourth-order valence-corrected chi connectivity index (χ4v) is 2.81. The van der Waals surface area contributed by atoms with E-state index in [9.17, 15) is 13.5 Å². The van der Waals surface area contributed by atoms with Crippen LogP contribution < -0.4 is 0 Å². The van der Waals surface area contributed by atoms with Gasteiger partial charge in [0.1, 0.15) is 9.84 Å². The summed E-state index contributed by atoms with van der Waals surface area (Å²) in [6.45, 7) is 1.96. The van der Waals surface area contributed by atoms with Crippen molar-refractivity contribution < 1.29 is 13.5 Å². The molecule has 0 amide bonds. The van der Waals surface area contributed by atoms with Crippen LogP contribution in [-0.4, -0.2) is 25.5 Å². The summed E-state index contributed by atoms with van der Waals surface area (Å²) in [4.78, 5) is 0. The van der Waals surface area contributed by atoms with E-state index in [1.54, 1.807) is 0 Å². The lowest BCUT2D eigenvalue weighted by atomic mass is 10.0. The Morgan fingerprint density at radius 1 is 1.41 bits per heavy atom. The normalized spacial score (nSPS) is 13.6. The molecule has 0 heterocycles. The maximum Gasteiger partial charge on any atom is 0.147 e. The molecule has 5 heteroatoms. The van der Waals surface area contributed by atoms with Gasteiger partial charge in [0, 0.05) is 16.5 Å². The number of aryl methyl sites for hydroxylation is 1. The molecule has 0 bridgehead atoms. The van der Waals surface area contributed by atoms with Crippen molar-refractivity contribution in [1.29, 1.82) is 0 Å². The predicted molar refractivity (Wildman–Crippen MR) is 72.8 cm³/mol. The number of sulfone groups is 1. The summed E-state index contributed by atoms with van der Waals surface area (Å²) < 4.78 is 22.8. The van der Waals surface area contributed by atoms with Crippen LogP contribution in [0, 0.1) is 6.92 Å². The zero-order valence-electron chi connectivity index (χ0n) is 9.98. The van der Waals surface area contributed by atoms with Gasteiger partial charge in [-0.1, -0.05) is 33.6 Å². The molecule has 1 rings (SSSR count). The van der Waals surface area contributed by atoms with Crippen LogP contribution in [0.4, 0.5) is 0 Å². The number of aliphatic hydroxyl groups excluding tert-OH is 1. The molecular weight excluding hydrogens is 304 g/mol. The maximum absolute atomic E-state index is 11.0. The zero-order chi connectivity index (χ0) is 13.1.